The van der Waals surface area contributed by atoms with Gasteiger partial charge in [-0.25, -0.2) is 4.79 Å². The normalized spacial score (nSPS) is 10.8. The lowest BCUT2D eigenvalue weighted by molar-refractivity contribution is 0.0685. The number of carboxylic acid groups (broad SMARTS) is 1. The maximum Gasteiger partial charge on any atom is 0.358 e. The smallest absolute Gasteiger partial charge is 0.358 e. The zero-order valence-corrected chi connectivity index (χ0v) is 10.6. The van der Waals surface area contributed by atoms with Crippen LogP contribution in [0.2, 0.25) is 0 Å². The molecule has 0 spiro atoms. The Morgan fingerprint density at radius 1 is 1.37 bits per heavy atom. The molecule has 0 aliphatic rings. The SMILES string of the molecule is CCN(Cc1ccncc1)Cc1cc(C(=O)O)no1. The van der Waals surface area contributed by atoms with E-state index in [1.54, 1.807) is 12.4 Å². The highest BCUT2D eigenvalue weighted by Gasteiger charge is 2.13. The van der Waals surface area contributed by atoms with E-state index in [0.717, 1.165) is 18.7 Å². The van der Waals surface area contributed by atoms with Crippen molar-refractivity contribution in [1.82, 2.24) is 15.0 Å². The minimum Gasteiger partial charge on any atom is -0.476 e. The predicted molar refractivity (Wildman–Crippen MR) is 67.5 cm³/mol. The number of pyridine rings is 1. The molecule has 2 heterocycles. The third kappa shape index (κ3) is 3.62. The number of hydrogen-bond donors (Lipinski definition) is 1. The quantitative estimate of drug-likeness (QED) is 0.854. The van der Waals surface area contributed by atoms with Crippen LogP contribution < -0.4 is 0 Å². The molecule has 0 atom stereocenters. The van der Waals surface area contributed by atoms with Crippen molar-refractivity contribution in [3.05, 3.63) is 47.6 Å². The van der Waals surface area contributed by atoms with Gasteiger partial charge in [0.05, 0.1) is 6.54 Å². The van der Waals surface area contributed by atoms with Crippen molar-refractivity contribution in [3.63, 3.8) is 0 Å². The van der Waals surface area contributed by atoms with Crippen molar-refractivity contribution in [2.75, 3.05) is 6.54 Å². The minimum absolute atomic E-state index is 0.0602. The minimum atomic E-state index is -1.08. The summed E-state index contributed by atoms with van der Waals surface area (Å²) in [5.74, 6) is -0.527. The number of hydrogen-bond acceptors (Lipinski definition) is 5. The lowest BCUT2D eigenvalue weighted by Gasteiger charge is -2.18. The second-order valence-corrected chi connectivity index (χ2v) is 4.14. The first-order valence-corrected chi connectivity index (χ1v) is 5.99. The summed E-state index contributed by atoms with van der Waals surface area (Å²) in [5.41, 5.74) is 1.09. The molecule has 0 fully saturated rings. The predicted octanol–water partition coefficient (Wildman–Crippen LogP) is 1.79. The Morgan fingerprint density at radius 3 is 2.68 bits per heavy atom. The van der Waals surface area contributed by atoms with Crippen molar-refractivity contribution >= 4 is 5.97 Å². The van der Waals surface area contributed by atoms with E-state index in [1.807, 2.05) is 19.1 Å². The van der Waals surface area contributed by atoms with Gasteiger partial charge in [-0.15, -0.1) is 0 Å². The van der Waals surface area contributed by atoms with Crippen LogP contribution in [0.1, 0.15) is 28.7 Å². The molecular weight excluding hydrogens is 246 g/mol. The Bertz CT molecular complexity index is 539. The summed E-state index contributed by atoms with van der Waals surface area (Å²) in [6.45, 7) is 4.14. The molecule has 0 bridgehead atoms. The van der Waals surface area contributed by atoms with E-state index >= 15 is 0 Å². The Morgan fingerprint density at radius 2 is 2.11 bits per heavy atom. The zero-order valence-electron chi connectivity index (χ0n) is 10.6. The Kier molecular flexibility index (Phi) is 4.25. The molecular formula is C13H15N3O3. The molecule has 0 radical (unpaired) electrons. The van der Waals surface area contributed by atoms with Crippen LogP contribution in [0.5, 0.6) is 0 Å². The fraction of sp³-hybridized carbons (Fsp3) is 0.308. The lowest BCUT2D eigenvalue weighted by Crippen LogP contribution is -2.22. The van der Waals surface area contributed by atoms with Crippen LogP contribution in [0.4, 0.5) is 0 Å². The van der Waals surface area contributed by atoms with Gasteiger partial charge in [0.1, 0.15) is 0 Å². The zero-order chi connectivity index (χ0) is 13.7. The standard InChI is InChI=1S/C13H15N3O3/c1-2-16(8-10-3-5-14-6-4-10)9-11-7-12(13(17)18)15-19-11/h3-7H,2,8-9H2,1H3,(H,17,18). The average Bonchev–Trinajstić information content (AvgIpc) is 2.88. The maximum absolute atomic E-state index is 10.7. The molecule has 6 nitrogen and oxygen atoms in total. The number of aromatic nitrogens is 2. The van der Waals surface area contributed by atoms with Crippen LogP contribution in [-0.2, 0) is 13.1 Å². The van der Waals surface area contributed by atoms with Gasteiger partial charge in [0.15, 0.2) is 11.5 Å². The number of rotatable bonds is 6. The molecule has 2 aromatic rings. The van der Waals surface area contributed by atoms with Crippen LogP contribution in [0.15, 0.2) is 35.1 Å². The maximum atomic E-state index is 10.7. The number of carbonyl (C=O) groups is 1. The van der Waals surface area contributed by atoms with Crippen molar-refractivity contribution in [1.29, 1.82) is 0 Å². The van der Waals surface area contributed by atoms with Gasteiger partial charge in [-0.1, -0.05) is 12.1 Å². The summed E-state index contributed by atoms with van der Waals surface area (Å²) in [7, 11) is 0. The van der Waals surface area contributed by atoms with Crippen molar-refractivity contribution < 1.29 is 14.4 Å². The van der Waals surface area contributed by atoms with Crippen LogP contribution >= 0.6 is 0 Å². The van der Waals surface area contributed by atoms with Crippen LogP contribution in [0, 0.1) is 0 Å². The van der Waals surface area contributed by atoms with Gasteiger partial charge in [0.25, 0.3) is 0 Å². The van der Waals surface area contributed by atoms with Gasteiger partial charge in [0.2, 0.25) is 0 Å². The third-order valence-electron chi connectivity index (χ3n) is 2.76. The van der Waals surface area contributed by atoms with Gasteiger partial charge in [0, 0.05) is 25.0 Å². The highest BCUT2D eigenvalue weighted by atomic mass is 16.5. The number of nitrogens with zero attached hydrogens (tertiary/aromatic N) is 3. The summed E-state index contributed by atoms with van der Waals surface area (Å²) >= 11 is 0. The van der Waals surface area contributed by atoms with E-state index in [0.29, 0.717) is 12.3 Å². The third-order valence-corrected chi connectivity index (χ3v) is 2.76. The van der Waals surface area contributed by atoms with E-state index < -0.39 is 5.97 Å². The van der Waals surface area contributed by atoms with Gasteiger partial charge in [-0.05, 0) is 24.2 Å². The van der Waals surface area contributed by atoms with E-state index in [9.17, 15) is 4.79 Å². The molecule has 100 valence electrons. The number of carboxylic acids is 1. The Labute approximate surface area is 110 Å². The van der Waals surface area contributed by atoms with Crippen molar-refractivity contribution in [3.8, 4) is 0 Å². The van der Waals surface area contributed by atoms with E-state index in [-0.39, 0.29) is 5.69 Å². The van der Waals surface area contributed by atoms with Crippen LogP contribution in [0.25, 0.3) is 0 Å². The monoisotopic (exact) mass is 261 g/mol. The average molecular weight is 261 g/mol. The highest BCUT2D eigenvalue weighted by molar-refractivity contribution is 5.85. The fourth-order valence-electron chi connectivity index (χ4n) is 1.73. The Hall–Kier alpha value is -2.21. The second-order valence-electron chi connectivity index (χ2n) is 4.14. The van der Waals surface area contributed by atoms with E-state index in [1.165, 1.54) is 6.07 Å². The first kappa shape index (κ1) is 13.2. The van der Waals surface area contributed by atoms with Crippen molar-refractivity contribution in [2.45, 2.75) is 20.0 Å². The largest absolute Gasteiger partial charge is 0.476 e. The molecule has 0 unspecified atom stereocenters. The highest BCUT2D eigenvalue weighted by Crippen LogP contribution is 2.10. The molecule has 19 heavy (non-hydrogen) atoms. The molecule has 0 aromatic carbocycles. The van der Waals surface area contributed by atoms with Crippen LogP contribution in [0.3, 0.4) is 0 Å². The van der Waals surface area contributed by atoms with Crippen molar-refractivity contribution in [2.24, 2.45) is 0 Å². The molecule has 2 rings (SSSR count). The number of aromatic carboxylic acids is 1. The van der Waals surface area contributed by atoms with E-state index in [2.05, 4.69) is 15.0 Å². The van der Waals surface area contributed by atoms with Gasteiger partial charge in [-0.3, -0.25) is 9.88 Å². The first-order valence-electron chi connectivity index (χ1n) is 5.99. The summed E-state index contributed by atoms with van der Waals surface area (Å²) in [4.78, 5) is 16.8. The van der Waals surface area contributed by atoms with Crippen LogP contribution in [-0.4, -0.2) is 32.7 Å². The van der Waals surface area contributed by atoms with Gasteiger partial charge < -0.3 is 9.63 Å². The lowest BCUT2D eigenvalue weighted by atomic mass is 10.2. The van der Waals surface area contributed by atoms with E-state index in [4.69, 9.17) is 9.63 Å². The summed E-state index contributed by atoms with van der Waals surface area (Å²) in [6.07, 6.45) is 3.50. The second kappa shape index (κ2) is 6.10. The molecule has 0 saturated carbocycles. The summed E-state index contributed by atoms with van der Waals surface area (Å²) in [6, 6.07) is 5.36. The molecule has 1 N–H and O–H groups in total. The van der Waals surface area contributed by atoms with Gasteiger partial charge >= 0.3 is 5.97 Å². The molecule has 0 amide bonds. The topological polar surface area (TPSA) is 79.5 Å². The molecule has 0 aliphatic heterocycles. The fourth-order valence-corrected chi connectivity index (χ4v) is 1.73. The summed E-state index contributed by atoms with van der Waals surface area (Å²) < 4.78 is 5.01. The first-order chi connectivity index (χ1) is 9.19. The summed E-state index contributed by atoms with van der Waals surface area (Å²) in [5, 5.41) is 12.3. The van der Waals surface area contributed by atoms with Gasteiger partial charge in [-0.2, -0.15) is 0 Å². The Balaban J connectivity index is 2.00. The molecule has 6 heteroatoms. The molecule has 0 saturated heterocycles. The molecule has 0 aliphatic carbocycles. The molecule has 2 aromatic heterocycles.